The highest BCUT2D eigenvalue weighted by molar-refractivity contribution is 9.10. The number of carbonyl (C=O) groups excluding carboxylic acids is 1. The predicted molar refractivity (Wildman–Crippen MR) is 119 cm³/mol. The zero-order valence-electron chi connectivity index (χ0n) is 15.9. The van der Waals surface area contributed by atoms with Crippen LogP contribution in [0.1, 0.15) is 15.9 Å². The molecule has 2 heterocycles. The van der Waals surface area contributed by atoms with E-state index < -0.39 is 5.54 Å². The molecule has 0 aliphatic carbocycles. The number of fused-ring (bicyclic) bond motifs is 1. The summed E-state index contributed by atoms with van der Waals surface area (Å²) < 4.78 is 15.8. The minimum absolute atomic E-state index is 0.139. The van der Waals surface area contributed by atoms with Gasteiger partial charge in [-0.15, -0.1) is 18.3 Å². The van der Waals surface area contributed by atoms with Crippen LogP contribution in [-0.4, -0.2) is 41.7 Å². The Balaban J connectivity index is 1.63. The summed E-state index contributed by atoms with van der Waals surface area (Å²) in [5, 5.41) is 6.66. The third-order valence-corrected chi connectivity index (χ3v) is 7.25. The smallest absolute Gasteiger partial charge is 0.253 e. The molecular formula is C22H23BrFN3OS. The molecule has 0 aromatic heterocycles. The molecule has 1 amide bonds. The number of amides is 1. The predicted octanol–water partition coefficient (Wildman–Crippen LogP) is 3.95. The van der Waals surface area contributed by atoms with Crippen LogP contribution >= 0.6 is 27.7 Å². The van der Waals surface area contributed by atoms with E-state index in [1.54, 1.807) is 30.0 Å². The van der Waals surface area contributed by atoms with Crippen LogP contribution < -0.4 is 10.6 Å². The first kappa shape index (κ1) is 20.6. The molecule has 2 aliphatic heterocycles. The minimum atomic E-state index is -0.573. The van der Waals surface area contributed by atoms with E-state index in [2.05, 4.69) is 38.0 Å². The Morgan fingerprint density at radius 3 is 2.93 bits per heavy atom. The summed E-state index contributed by atoms with van der Waals surface area (Å²) in [6, 6.07) is 14.2. The second-order valence-corrected chi connectivity index (χ2v) is 9.53. The van der Waals surface area contributed by atoms with Crippen molar-refractivity contribution < 1.29 is 9.18 Å². The lowest BCUT2D eigenvalue weighted by molar-refractivity contribution is 0.0932. The summed E-state index contributed by atoms with van der Waals surface area (Å²) >= 11 is 5.15. The van der Waals surface area contributed by atoms with Crippen LogP contribution in [0.3, 0.4) is 0 Å². The molecule has 2 fully saturated rings. The summed E-state index contributed by atoms with van der Waals surface area (Å²) in [4.78, 5) is 14.9. The monoisotopic (exact) mass is 475 g/mol. The zero-order valence-corrected chi connectivity index (χ0v) is 18.3. The van der Waals surface area contributed by atoms with Gasteiger partial charge in [0.05, 0.1) is 5.54 Å². The van der Waals surface area contributed by atoms with Gasteiger partial charge in [-0.05, 0) is 30.3 Å². The van der Waals surface area contributed by atoms with E-state index in [-0.39, 0.29) is 23.1 Å². The number of thioether (sulfide) groups is 1. The van der Waals surface area contributed by atoms with Crippen molar-refractivity contribution in [3.8, 4) is 0 Å². The first-order valence-corrected chi connectivity index (χ1v) is 11.4. The van der Waals surface area contributed by atoms with Crippen LogP contribution in [-0.2, 0) is 5.54 Å². The van der Waals surface area contributed by atoms with Gasteiger partial charge in [0.15, 0.2) is 0 Å². The van der Waals surface area contributed by atoms with Crippen molar-refractivity contribution in [1.29, 1.82) is 0 Å². The third-order valence-electron chi connectivity index (χ3n) is 5.60. The lowest BCUT2D eigenvalue weighted by Gasteiger charge is -2.44. The van der Waals surface area contributed by atoms with E-state index in [0.717, 1.165) is 23.3 Å². The standard InChI is InChI=1S/C22H23BrFN3OS/c1-2-10-27-12-16-13-29-21(25-20(28)15-6-4-3-5-7-15)26-22(16,14-27)18-11-17(23)8-9-19(18)24/h2-9,11,16,21,26H,1,10,12-14H2,(H,25,28)/t16-,21?,22-/m0/s1. The van der Waals surface area contributed by atoms with Gasteiger partial charge in [0.2, 0.25) is 0 Å². The summed E-state index contributed by atoms with van der Waals surface area (Å²) in [6.07, 6.45) is 1.88. The Morgan fingerprint density at radius 1 is 1.38 bits per heavy atom. The molecule has 0 radical (unpaired) electrons. The molecule has 0 saturated carbocycles. The maximum Gasteiger partial charge on any atom is 0.253 e. The number of nitrogens with zero attached hydrogens (tertiary/aromatic N) is 1. The number of carbonyl (C=O) groups is 1. The first-order chi connectivity index (χ1) is 14.0. The average molecular weight is 476 g/mol. The van der Waals surface area contributed by atoms with E-state index in [1.165, 1.54) is 6.07 Å². The van der Waals surface area contributed by atoms with Gasteiger partial charge in [0, 0.05) is 46.9 Å². The molecule has 4 nitrogen and oxygen atoms in total. The van der Waals surface area contributed by atoms with Crippen molar-refractivity contribution in [2.45, 2.75) is 11.0 Å². The van der Waals surface area contributed by atoms with Crippen LogP contribution in [0.2, 0.25) is 0 Å². The Labute approximate surface area is 183 Å². The highest BCUT2D eigenvalue weighted by atomic mass is 79.9. The van der Waals surface area contributed by atoms with Gasteiger partial charge in [-0.3, -0.25) is 15.0 Å². The fourth-order valence-corrected chi connectivity index (χ4v) is 5.93. The van der Waals surface area contributed by atoms with Gasteiger partial charge < -0.3 is 5.32 Å². The Morgan fingerprint density at radius 2 is 2.17 bits per heavy atom. The van der Waals surface area contributed by atoms with Crippen molar-refractivity contribution in [2.24, 2.45) is 5.92 Å². The molecule has 0 bridgehead atoms. The van der Waals surface area contributed by atoms with Crippen LogP contribution in [0.5, 0.6) is 0 Å². The van der Waals surface area contributed by atoms with E-state index >= 15 is 0 Å². The van der Waals surface area contributed by atoms with E-state index in [4.69, 9.17) is 0 Å². The van der Waals surface area contributed by atoms with Crippen LogP contribution in [0.15, 0.2) is 65.7 Å². The second kappa shape index (κ2) is 8.60. The molecule has 2 N–H and O–H groups in total. The lowest BCUT2D eigenvalue weighted by atomic mass is 9.81. The average Bonchev–Trinajstić information content (AvgIpc) is 3.09. The molecular weight excluding hydrogens is 453 g/mol. The molecule has 152 valence electrons. The number of nitrogens with one attached hydrogen (secondary N) is 2. The first-order valence-electron chi connectivity index (χ1n) is 9.56. The fraction of sp³-hybridized carbons (Fsp3) is 0.318. The zero-order chi connectivity index (χ0) is 20.4. The number of rotatable bonds is 5. The van der Waals surface area contributed by atoms with Gasteiger partial charge in [0.1, 0.15) is 11.3 Å². The quantitative estimate of drug-likeness (QED) is 0.642. The summed E-state index contributed by atoms with van der Waals surface area (Å²) in [5.41, 5.74) is 0.375. The minimum Gasteiger partial charge on any atom is -0.328 e. The summed E-state index contributed by atoms with van der Waals surface area (Å²) in [5.74, 6) is 0.680. The molecule has 2 aromatic rings. The van der Waals surface area contributed by atoms with Crippen LogP contribution in [0, 0.1) is 11.7 Å². The molecule has 2 aliphatic rings. The SMILES string of the molecule is C=CCN1C[C@H]2CSC(NC(=O)c3ccccc3)N[C@@]2(c2cc(Br)ccc2F)C1. The molecule has 3 atom stereocenters. The Kier molecular flexibility index (Phi) is 6.11. The number of likely N-dealkylation sites (tertiary alicyclic amines) is 1. The maximum atomic E-state index is 15.0. The normalized spacial score (nSPS) is 26.7. The third kappa shape index (κ3) is 4.14. The number of hydrogen-bond donors (Lipinski definition) is 2. The van der Waals surface area contributed by atoms with Gasteiger partial charge in [-0.1, -0.05) is 40.2 Å². The van der Waals surface area contributed by atoms with Gasteiger partial charge in [0.25, 0.3) is 5.91 Å². The van der Waals surface area contributed by atoms with Gasteiger partial charge in [-0.2, -0.15) is 0 Å². The highest BCUT2D eigenvalue weighted by Gasteiger charge is 2.52. The molecule has 29 heavy (non-hydrogen) atoms. The Hall–Kier alpha value is -1.67. The second-order valence-electron chi connectivity index (χ2n) is 7.47. The highest BCUT2D eigenvalue weighted by Crippen LogP contribution is 2.44. The largest absolute Gasteiger partial charge is 0.328 e. The molecule has 2 saturated heterocycles. The lowest BCUT2D eigenvalue weighted by Crippen LogP contribution is -2.61. The number of benzene rings is 2. The summed E-state index contributed by atoms with van der Waals surface area (Å²) in [7, 11) is 0. The fourth-order valence-electron chi connectivity index (χ4n) is 4.27. The van der Waals surface area contributed by atoms with E-state index in [1.807, 2.05) is 30.3 Å². The maximum absolute atomic E-state index is 15.0. The number of hydrogen-bond acceptors (Lipinski definition) is 4. The van der Waals surface area contributed by atoms with Crippen molar-refractivity contribution in [3.63, 3.8) is 0 Å². The molecule has 2 aromatic carbocycles. The molecule has 4 rings (SSSR count). The van der Waals surface area contributed by atoms with E-state index in [9.17, 15) is 9.18 Å². The van der Waals surface area contributed by atoms with Gasteiger partial charge >= 0.3 is 0 Å². The molecule has 1 unspecified atom stereocenters. The van der Waals surface area contributed by atoms with Gasteiger partial charge in [-0.25, -0.2) is 4.39 Å². The van der Waals surface area contributed by atoms with Crippen LogP contribution in [0.25, 0.3) is 0 Å². The molecule has 0 spiro atoms. The topological polar surface area (TPSA) is 44.4 Å². The van der Waals surface area contributed by atoms with Crippen molar-refractivity contribution in [2.75, 3.05) is 25.4 Å². The van der Waals surface area contributed by atoms with Crippen molar-refractivity contribution in [1.82, 2.24) is 15.5 Å². The molecule has 7 heteroatoms. The van der Waals surface area contributed by atoms with E-state index in [0.29, 0.717) is 17.7 Å². The van der Waals surface area contributed by atoms with Crippen LogP contribution in [0.4, 0.5) is 4.39 Å². The van der Waals surface area contributed by atoms with Crippen molar-refractivity contribution in [3.05, 3.63) is 82.6 Å². The van der Waals surface area contributed by atoms with Crippen molar-refractivity contribution >= 4 is 33.6 Å². The Bertz CT molecular complexity index is 912. The summed E-state index contributed by atoms with van der Waals surface area (Å²) in [6.45, 7) is 6.12. The number of halogens is 2.